The van der Waals surface area contributed by atoms with Crippen molar-refractivity contribution in [2.24, 2.45) is 0 Å². The van der Waals surface area contributed by atoms with Crippen molar-refractivity contribution in [2.75, 3.05) is 5.32 Å². The number of rotatable bonds is 4. The Kier molecular flexibility index (Phi) is 3.57. The molecule has 0 bridgehead atoms. The second-order valence-corrected chi connectivity index (χ2v) is 4.15. The molecule has 0 aromatic heterocycles. The molecule has 0 aliphatic heterocycles. The van der Waals surface area contributed by atoms with Gasteiger partial charge in [0.15, 0.2) is 0 Å². The summed E-state index contributed by atoms with van der Waals surface area (Å²) in [4.78, 5) is 10.3. The Hall–Kier alpha value is -2.36. The van der Waals surface area contributed by atoms with Crippen LogP contribution in [-0.2, 0) is 6.54 Å². The lowest BCUT2D eigenvalue weighted by atomic mass is 10.2. The van der Waals surface area contributed by atoms with E-state index in [2.05, 4.69) is 5.32 Å². The van der Waals surface area contributed by atoms with E-state index in [1.54, 1.807) is 12.1 Å². The van der Waals surface area contributed by atoms with E-state index >= 15 is 0 Å². The van der Waals surface area contributed by atoms with Gasteiger partial charge in [0.1, 0.15) is 0 Å². The number of nitro groups is 1. The maximum Gasteiger partial charge on any atom is 0.269 e. The van der Waals surface area contributed by atoms with E-state index in [4.69, 9.17) is 0 Å². The molecule has 0 atom stereocenters. The van der Waals surface area contributed by atoms with Gasteiger partial charge in [-0.05, 0) is 24.6 Å². The van der Waals surface area contributed by atoms with Crippen LogP contribution in [0.5, 0.6) is 0 Å². The zero-order valence-electron chi connectivity index (χ0n) is 10.1. The molecule has 2 aromatic rings. The smallest absolute Gasteiger partial charge is 0.269 e. The van der Waals surface area contributed by atoms with Crippen LogP contribution in [0.25, 0.3) is 0 Å². The van der Waals surface area contributed by atoms with Crippen LogP contribution in [0.4, 0.5) is 11.4 Å². The van der Waals surface area contributed by atoms with Crippen molar-refractivity contribution in [3.05, 3.63) is 69.8 Å². The number of aryl methyl sites for hydroxylation is 1. The summed E-state index contributed by atoms with van der Waals surface area (Å²) in [6, 6.07) is 14.7. The molecule has 4 heteroatoms. The summed E-state index contributed by atoms with van der Waals surface area (Å²) in [7, 11) is 0. The summed E-state index contributed by atoms with van der Waals surface area (Å²) in [5, 5.41) is 13.9. The van der Waals surface area contributed by atoms with Crippen LogP contribution in [0, 0.1) is 17.0 Å². The number of nitrogens with one attached hydrogen (secondary N) is 1. The van der Waals surface area contributed by atoms with Gasteiger partial charge in [0.05, 0.1) is 4.92 Å². The van der Waals surface area contributed by atoms with Gasteiger partial charge in [-0.1, -0.05) is 29.8 Å². The third-order valence-corrected chi connectivity index (χ3v) is 2.67. The molecule has 0 aliphatic carbocycles. The summed E-state index contributed by atoms with van der Waals surface area (Å²) in [5.41, 5.74) is 3.23. The van der Waals surface area contributed by atoms with Gasteiger partial charge in [-0.25, -0.2) is 0 Å². The third kappa shape index (κ3) is 3.07. The van der Waals surface area contributed by atoms with E-state index in [9.17, 15) is 10.1 Å². The second-order valence-electron chi connectivity index (χ2n) is 4.15. The first-order valence-corrected chi connectivity index (χ1v) is 5.69. The van der Waals surface area contributed by atoms with E-state index in [1.165, 1.54) is 11.6 Å². The molecule has 0 heterocycles. The molecule has 0 saturated carbocycles. The first-order chi connectivity index (χ1) is 8.65. The highest BCUT2D eigenvalue weighted by atomic mass is 16.6. The van der Waals surface area contributed by atoms with Crippen molar-refractivity contribution < 1.29 is 4.92 Å². The number of anilines is 1. The van der Waals surface area contributed by atoms with Crippen molar-refractivity contribution in [3.8, 4) is 0 Å². The Bertz CT molecular complexity index is 550. The molecule has 0 unspecified atom stereocenters. The summed E-state index contributed by atoms with van der Waals surface area (Å²) < 4.78 is 0. The first kappa shape index (κ1) is 12.1. The zero-order chi connectivity index (χ0) is 13.0. The molecular formula is C14H14N2O2. The van der Waals surface area contributed by atoms with Gasteiger partial charge in [0.25, 0.3) is 5.69 Å². The highest BCUT2D eigenvalue weighted by Crippen LogP contribution is 2.15. The van der Waals surface area contributed by atoms with Crippen LogP contribution in [0.2, 0.25) is 0 Å². The third-order valence-electron chi connectivity index (χ3n) is 2.67. The predicted octanol–water partition coefficient (Wildman–Crippen LogP) is 3.52. The number of benzene rings is 2. The highest BCUT2D eigenvalue weighted by molar-refractivity contribution is 5.45. The zero-order valence-corrected chi connectivity index (χ0v) is 10.1. The van der Waals surface area contributed by atoms with Crippen molar-refractivity contribution in [3.63, 3.8) is 0 Å². The summed E-state index contributed by atoms with van der Waals surface area (Å²) in [5.74, 6) is 0. The predicted molar refractivity (Wildman–Crippen MR) is 71.6 cm³/mol. The van der Waals surface area contributed by atoms with E-state index in [-0.39, 0.29) is 10.6 Å². The number of nitrogens with zero attached hydrogens (tertiary/aromatic N) is 1. The van der Waals surface area contributed by atoms with Crippen molar-refractivity contribution in [2.45, 2.75) is 13.5 Å². The normalized spacial score (nSPS) is 10.1. The standard InChI is InChI=1S/C14H14N2O2/c1-11-5-7-13(8-6-11)15-10-12-3-2-4-14(9-12)16(17)18/h2-9,15H,10H2,1H3. The SMILES string of the molecule is Cc1ccc(NCc2cccc([N+](=O)[O-])c2)cc1. The van der Waals surface area contributed by atoms with Crippen LogP contribution in [0.1, 0.15) is 11.1 Å². The molecule has 2 rings (SSSR count). The van der Waals surface area contributed by atoms with Gasteiger partial charge in [0, 0.05) is 24.4 Å². The molecule has 0 fully saturated rings. The molecular weight excluding hydrogens is 228 g/mol. The van der Waals surface area contributed by atoms with Gasteiger partial charge >= 0.3 is 0 Å². The Labute approximate surface area is 105 Å². The number of non-ortho nitro benzene ring substituents is 1. The van der Waals surface area contributed by atoms with E-state index in [0.717, 1.165) is 11.3 Å². The molecule has 4 nitrogen and oxygen atoms in total. The summed E-state index contributed by atoms with van der Waals surface area (Å²) in [6.45, 7) is 2.61. The van der Waals surface area contributed by atoms with Gasteiger partial charge in [0.2, 0.25) is 0 Å². The fourth-order valence-electron chi connectivity index (χ4n) is 1.66. The lowest BCUT2D eigenvalue weighted by molar-refractivity contribution is -0.384. The lowest BCUT2D eigenvalue weighted by Crippen LogP contribution is -2.00. The minimum absolute atomic E-state index is 0.123. The van der Waals surface area contributed by atoms with E-state index in [0.29, 0.717) is 6.54 Å². The summed E-state index contributed by atoms with van der Waals surface area (Å²) >= 11 is 0. The largest absolute Gasteiger partial charge is 0.381 e. The fourth-order valence-corrected chi connectivity index (χ4v) is 1.66. The van der Waals surface area contributed by atoms with Gasteiger partial charge in [-0.2, -0.15) is 0 Å². The van der Waals surface area contributed by atoms with Gasteiger partial charge in [-0.3, -0.25) is 10.1 Å². The van der Waals surface area contributed by atoms with Crippen molar-refractivity contribution in [1.29, 1.82) is 0 Å². The minimum atomic E-state index is -0.380. The average Bonchev–Trinajstić information content (AvgIpc) is 2.38. The van der Waals surface area contributed by atoms with Gasteiger partial charge in [-0.15, -0.1) is 0 Å². The van der Waals surface area contributed by atoms with Crippen LogP contribution < -0.4 is 5.32 Å². The van der Waals surface area contributed by atoms with Crippen molar-refractivity contribution in [1.82, 2.24) is 0 Å². The Morgan fingerprint density at radius 2 is 1.89 bits per heavy atom. The monoisotopic (exact) mass is 242 g/mol. The molecule has 0 radical (unpaired) electrons. The van der Waals surface area contributed by atoms with Crippen LogP contribution in [0.3, 0.4) is 0 Å². The molecule has 2 aromatic carbocycles. The second kappa shape index (κ2) is 5.31. The molecule has 18 heavy (non-hydrogen) atoms. The average molecular weight is 242 g/mol. The van der Waals surface area contributed by atoms with E-state index < -0.39 is 0 Å². The maximum absolute atomic E-state index is 10.7. The van der Waals surface area contributed by atoms with Crippen molar-refractivity contribution >= 4 is 11.4 Å². The molecule has 0 amide bonds. The number of hydrogen-bond acceptors (Lipinski definition) is 3. The minimum Gasteiger partial charge on any atom is -0.381 e. The van der Waals surface area contributed by atoms with Crippen LogP contribution in [-0.4, -0.2) is 4.92 Å². The number of hydrogen-bond donors (Lipinski definition) is 1. The van der Waals surface area contributed by atoms with Crippen LogP contribution in [0.15, 0.2) is 48.5 Å². The topological polar surface area (TPSA) is 55.2 Å². The molecule has 1 N–H and O–H groups in total. The van der Waals surface area contributed by atoms with Gasteiger partial charge < -0.3 is 5.32 Å². The fraction of sp³-hybridized carbons (Fsp3) is 0.143. The molecule has 92 valence electrons. The first-order valence-electron chi connectivity index (χ1n) is 5.69. The number of nitro benzene ring substituents is 1. The maximum atomic E-state index is 10.7. The Morgan fingerprint density at radius 3 is 2.56 bits per heavy atom. The highest BCUT2D eigenvalue weighted by Gasteiger charge is 2.05. The Morgan fingerprint density at radius 1 is 1.17 bits per heavy atom. The molecule has 0 saturated heterocycles. The molecule has 0 aliphatic rings. The van der Waals surface area contributed by atoms with E-state index in [1.807, 2.05) is 37.3 Å². The summed E-state index contributed by atoms with van der Waals surface area (Å²) in [6.07, 6.45) is 0. The lowest BCUT2D eigenvalue weighted by Gasteiger charge is -2.06. The quantitative estimate of drug-likeness (QED) is 0.659. The Balaban J connectivity index is 2.04. The molecule has 0 spiro atoms. The van der Waals surface area contributed by atoms with Crippen LogP contribution >= 0.6 is 0 Å².